The van der Waals surface area contributed by atoms with E-state index in [4.69, 9.17) is 0 Å². The average molecular weight is 157 g/mol. The molecule has 1 fully saturated rings. The molecule has 11 heavy (non-hydrogen) atoms. The zero-order chi connectivity index (χ0) is 8.43. The van der Waals surface area contributed by atoms with E-state index in [0.717, 1.165) is 18.9 Å². The first kappa shape index (κ1) is 9.01. The van der Waals surface area contributed by atoms with Gasteiger partial charge in [-0.05, 0) is 25.7 Å². The second-order valence-corrected chi connectivity index (χ2v) is 3.65. The first-order valence-electron chi connectivity index (χ1n) is 4.60. The summed E-state index contributed by atoms with van der Waals surface area (Å²) in [5.74, 6) is 0.802. The van der Waals surface area contributed by atoms with E-state index < -0.39 is 0 Å². The van der Waals surface area contributed by atoms with Gasteiger partial charge in [-0.25, -0.2) is 0 Å². The van der Waals surface area contributed by atoms with Crippen LogP contribution in [0.15, 0.2) is 0 Å². The van der Waals surface area contributed by atoms with Crippen molar-refractivity contribution < 1.29 is 5.11 Å². The summed E-state index contributed by atoms with van der Waals surface area (Å²) in [4.78, 5) is 2.20. The normalized spacial score (nSPS) is 32.5. The van der Waals surface area contributed by atoms with E-state index in [1.165, 1.54) is 6.42 Å². The standard InChI is InChI=1S/C9H19NO/c1-4-5-10(8(3)11)9-6-7(9)2/h7-9,11H,4-6H2,1-3H3. The monoisotopic (exact) mass is 157 g/mol. The first-order chi connectivity index (χ1) is 5.16. The van der Waals surface area contributed by atoms with Gasteiger partial charge in [0.25, 0.3) is 0 Å². The summed E-state index contributed by atoms with van der Waals surface area (Å²) in [5.41, 5.74) is 0. The molecule has 2 nitrogen and oxygen atoms in total. The predicted octanol–water partition coefficient (Wildman–Crippen LogP) is 1.45. The maximum atomic E-state index is 9.40. The van der Waals surface area contributed by atoms with Gasteiger partial charge < -0.3 is 5.11 Å². The Morgan fingerprint density at radius 1 is 1.64 bits per heavy atom. The van der Waals surface area contributed by atoms with E-state index in [0.29, 0.717) is 6.04 Å². The third kappa shape index (κ3) is 2.17. The molecule has 0 amide bonds. The number of rotatable bonds is 4. The van der Waals surface area contributed by atoms with Crippen LogP contribution in [0.25, 0.3) is 0 Å². The van der Waals surface area contributed by atoms with Crippen molar-refractivity contribution in [2.75, 3.05) is 6.54 Å². The van der Waals surface area contributed by atoms with Crippen LogP contribution in [-0.4, -0.2) is 28.8 Å². The zero-order valence-corrected chi connectivity index (χ0v) is 7.75. The molecule has 66 valence electrons. The Kier molecular flexibility index (Phi) is 2.90. The summed E-state index contributed by atoms with van der Waals surface area (Å²) in [5, 5.41) is 9.40. The maximum absolute atomic E-state index is 9.40. The molecule has 1 N–H and O–H groups in total. The van der Waals surface area contributed by atoms with Gasteiger partial charge in [0, 0.05) is 12.6 Å². The molecule has 0 aromatic heterocycles. The smallest absolute Gasteiger partial charge is 0.104 e. The fourth-order valence-electron chi connectivity index (χ4n) is 1.65. The van der Waals surface area contributed by atoms with E-state index >= 15 is 0 Å². The number of nitrogens with zero attached hydrogens (tertiary/aromatic N) is 1. The topological polar surface area (TPSA) is 23.5 Å². The van der Waals surface area contributed by atoms with Gasteiger partial charge in [-0.1, -0.05) is 13.8 Å². The first-order valence-corrected chi connectivity index (χ1v) is 4.60. The molecule has 0 spiro atoms. The molecule has 0 heterocycles. The molecule has 1 saturated carbocycles. The predicted molar refractivity (Wildman–Crippen MR) is 46.2 cm³/mol. The summed E-state index contributed by atoms with van der Waals surface area (Å²) in [6.07, 6.45) is 2.14. The quantitative estimate of drug-likeness (QED) is 0.624. The highest BCUT2D eigenvalue weighted by atomic mass is 16.3. The van der Waals surface area contributed by atoms with Crippen LogP contribution in [0.3, 0.4) is 0 Å². The Balaban J connectivity index is 2.34. The highest BCUT2D eigenvalue weighted by Gasteiger charge is 2.38. The lowest BCUT2D eigenvalue weighted by atomic mass is 10.3. The van der Waals surface area contributed by atoms with Gasteiger partial charge >= 0.3 is 0 Å². The molecule has 1 aliphatic rings. The lowest BCUT2D eigenvalue weighted by molar-refractivity contribution is 0.00963. The Hall–Kier alpha value is -0.0800. The molecule has 1 aliphatic carbocycles. The minimum absolute atomic E-state index is 0.259. The molecule has 3 unspecified atom stereocenters. The van der Waals surface area contributed by atoms with Gasteiger partial charge in [0.15, 0.2) is 0 Å². The number of aliphatic hydroxyl groups is 1. The summed E-state index contributed by atoms with van der Waals surface area (Å²) in [7, 11) is 0. The minimum Gasteiger partial charge on any atom is -0.379 e. The van der Waals surface area contributed by atoms with Crippen molar-refractivity contribution >= 4 is 0 Å². The van der Waals surface area contributed by atoms with Crippen LogP contribution >= 0.6 is 0 Å². The minimum atomic E-state index is -0.259. The molecule has 1 rings (SSSR count). The summed E-state index contributed by atoms with van der Waals surface area (Å²) in [6, 6.07) is 0.662. The third-order valence-electron chi connectivity index (χ3n) is 2.45. The van der Waals surface area contributed by atoms with Crippen molar-refractivity contribution in [3.05, 3.63) is 0 Å². The molecule has 0 aromatic rings. The highest BCUT2D eigenvalue weighted by Crippen LogP contribution is 2.35. The molecular weight excluding hydrogens is 138 g/mol. The lowest BCUT2D eigenvalue weighted by Crippen LogP contribution is -2.36. The maximum Gasteiger partial charge on any atom is 0.104 e. The van der Waals surface area contributed by atoms with Crippen LogP contribution in [0.1, 0.15) is 33.6 Å². The van der Waals surface area contributed by atoms with Gasteiger partial charge in [0.1, 0.15) is 6.23 Å². The van der Waals surface area contributed by atoms with Crippen molar-refractivity contribution in [3.8, 4) is 0 Å². The summed E-state index contributed by atoms with van der Waals surface area (Å²) >= 11 is 0. The van der Waals surface area contributed by atoms with Crippen LogP contribution in [0.2, 0.25) is 0 Å². The van der Waals surface area contributed by atoms with Gasteiger partial charge in [0.2, 0.25) is 0 Å². The van der Waals surface area contributed by atoms with Crippen LogP contribution in [-0.2, 0) is 0 Å². The van der Waals surface area contributed by atoms with Crippen LogP contribution in [0, 0.1) is 5.92 Å². The average Bonchev–Trinajstić information content (AvgIpc) is 2.61. The molecule has 3 atom stereocenters. The molecule has 0 bridgehead atoms. The zero-order valence-electron chi connectivity index (χ0n) is 7.75. The van der Waals surface area contributed by atoms with E-state index in [-0.39, 0.29) is 6.23 Å². The second kappa shape index (κ2) is 3.55. The largest absolute Gasteiger partial charge is 0.379 e. The van der Waals surface area contributed by atoms with Crippen molar-refractivity contribution in [2.45, 2.75) is 45.9 Å². The van der Waals surface area contributed by atoms with Crippen LogP contribution in [0.4, 0.5) is 0 Å². The molecule has 2 heteroatoms. The second-order valence-electron chi connectivity index (χ2n) is 3.65. The Morgan fingerprint density at radius 2 is 2.18 bits per heavy atom. The van der Waals surface area contributed by atoms with Crippen molar-refractivity contribution in [1.29, 1.82) is 0 Å². The van der Waals surface area contributed by atoms with Crippen molar-refractivity contribution in [1.82, 2.24) is 4.90 Å². The fourth-order valence-corrected chi connectivity index (χ4v) is 1.65. The van der Waals surface area contributed by atoms with Gasteiger partial charge in [-0.2, -0.15) is 0 Å². The summed E-state index contributed by atoms with van der Waals surface area (Å²) in [6.45, 7) is 7.30. The number of hydrogen-bond donors (Lipinski definition) is 1. The summed E-state index contributed by atoms with van der Waals surface area (Å²) < 4.78 is 0. The molecular formula is C9H19NO. The number of aliphatic hydroxyl groups excluding tert-OH is 1. The Bertz CT molecular complexity index is 125. The molecule has 0 radical (unpaired) electrons. The Labute approximate surface area is 69.2 Å². The SMILES string of the molecule is CCCN(C(C)O)C1CC1C. The fraction of sp³-hybridized carbons (Fsp3) is 1.00. The Morgan fingerprint density at radius 3 is 2.45 bits per heavy atom. The van der Waals surface area contributed by atoms with Crippen LogP contribution in [0.5, 0.6) is 0 Å². The van der Waals surface area contributed by atoms with Gasteiger partial charge in [-0.15, -0.1) is 0 Å². The van der Waals surface area contributed by atoms with Gasteiger partial charge in [0.05, 0.1) is 0 Å². The molecule has 0 saturated heterocycles. The lowest BCUT2D eigenvalue weighted by Gasteiger charge is -2.24. The van der Waals surface area contributed by atoms with Gasteiger partial charge in [-0.3, -0.25) is 4.90 Å². The van der Waals surface area contributed by atoms with Crippen molar-refractivity contribution in [3.63, 3.8) is 0 Å². The van der Waals surface area contributed by atoms with Crippen molar-refractivity contribution in [2.24, 2.45) is 5.92 Å². The molecule has 0 aliphatic heterocycles. The van der Waals surface area contributed by atoms with E-state index in [1.54, 1.807) is 0 Å². The number of hydrogen-bond acceptors (Lipinski definition) is 2. The van der Waals surface area contributed by atoms with Crippen LogP contribution < -0.4 is 0 Å². The van der Waals surface area contributed by atoms with E-state index in [9.17, 15) is 5.11 Å². The molecule has 0 aromatic carbocycles. The van der Waals surface area contributed by atoms with E-state index in [1.807, 2.05) is 6.92 Å². The highest BCUT2D eigenvalue weighted by molar-refractivity contribution is 4.92. The third-order valence-corrected chi connectivity index (χ3v) is 2.45. The van der Waals surface area contributed by atoms with E-state index in [2.05, 4.69) is 18.7 Å².